The number of hydrogen-bond acceptors (Lipinski definition) is 5. The number of benzene rings is 1. The molecule has 1 fully saturated rings. The molecule has 0 saturated carbocycles. The highest BCUT2D eigenvalue weighted by Gasteiger charge is 2.37. The van der Waals surface area contributed by atoms with E-state index in [4.69, 9.17) is 23.2 Å². The fourth-order valence-corrected chi connectivity index (χ4v) is 5.60. The highest BCUT2D eigenvalue weighted by Crippen LogP contribution is 2.41. The van der Waals surface area contributed by atoms with Gasteiger partial charge in [-0.3, -0.25) is 4.90 Å². The Morgan fingerprint density at radius 3 is 2.73 bits per heavy atom. The number of fused-ring (bicyclic) bond motifs is 1. The van der Waals surface area contributed by atoms with Crippen LogP contribution in [0.1, 0.15) is 18.0 Å². The van der Waals surface area contributed by atoms with Crippen molar-refractivity contribution in [1.82, 2.24) is 10.2 Å². The predicted molar refractivity (Wildman–Crippen MR) is 86.3 cm³/mol. The third-order valence-electron chi connectivity index (χ3n) is 4.13. The minimum Gasteiger partial charge on any atom is -0.390 e. The first-order valence-corrected chi connectivity index (χ1v) is 9.64. The van der Waals surface area contributed by atoms with Gasteiger partial charge in [0.2, 0.25) is 0 Å². The van der Waals surface area contributed by atoms with E-state index in [1.807, 2.05) is 0 Å². The SMILES string of the molecule is O=S1(=O)CC(NCCCN2CC(O)C2)c2ccc(Cl)c(Cl)c21. The van der Waals surface area contributed by atoms with Crippen LogP contribution in [0.2, 0.25) is 10.0 Å². The summed E-state index contributed by atoms with van der Waals surface area (Å²) in [5.41, 5.74) is 0.703. The van der Waals surface area contributed by atoms with Crippen LogP contribution < -0.4 is 5.32 Å². The van der Waals surface area contributed by atoms with E-state index >= 15 is 0 Å². The van der Waals surface area contributed by atoms with E-state index in [1.54, 1.807) is 12.1 Å². The Balaban J connectivity index is 1.61. The van der Waals surface area contributed by atoms with Gasteiger partial charge in [-0.2, -0.15) is 0 Å². The molecule has 1 atom stereocenters. The van der Waals surface area contributed by atoms with Crippen molar-refractivity contribution in [2.45, 2.75) is 23.5 Å². The number of aliphatic hydroxyl groups is 1. The molecule has 0 radical (unpaired) electrons. The van der Waals surface area contributed by atoms with E-state index in [1.165, 1.54) is 0 Å². The van der Waals surface area contributed by atoms with Crippen LogP contribution in [0.15, 0.2) is 17.0 Å². The van der Waals surface area contributed by atoms with Crippen LogP contribution in [0.5, 0.6) is 0 Å². The Kier molecular flexibility index (Phi) is 4.69. The number of hydrogen-bond donors (Lipinski definition) is 2. The molecule has 0 amide bonds. The summed E-state index contributed by atoms with van der Waals surface area (Å²) in [5, 5.41) is 12.9. The quantitative estimate of drug-likeness (QED) is 0.774. The summed E-state index contributed by atoms with van der Waals surface area (Å²) >= 11 is 12.0. The van der Waals surface area contributed by atoms with E-state index in [9.17, 15) is 13.5 Å². The van der Waals surface area contributed by atoms with Gasteiger partial charge in [-0.05, 0) is 31.1 Å². The number of halogens is 2. The second-order valence-corrected chi connectivity index (χ2v) is 8.59. The minimum absolute atomic E-state index is 0.0187. The lowest BCUT2D eigenvalue weighted by Gasteiger charge is -2.35. The summed E-state index contributed by atoms with van der Waals surface area (Å²) in [6, 6.07) is 3.13. The number of aliphatic hydroxyl groups excluding tert-OH is 1. The Morgan fingerprint density at radius 2 is 2.05 bits per heavy atom. The van der Waals surface area contributed by atoms with Crippen molar-refractivity contribution < 1.29 is 13.5 Å². The maximum absolute atomic E-state index is 12.2. The fourth-order valence-electron chi connectivity index (χ4n) is 3.00. The van der Waals surface area contributed by atoms with Gasteiger partial charge >= 0.3 is 0 Å². The third kappa shape index (κ3) is 3.13. The highest BCUT2D eigenvalue weighted by molar-refractivity contribution is 7.92. The van der Waals surface area contributed by atoms with Crippen LogP contribution in [0, 0.1) is 0 Å². The molecule has 8 heteroatoms. The molecule has 0 aromatic heterocycles. The third-order valence-corrected chi connectivity index (χ3v) is 6.88. The van der Waals surface area contributed by atoms with Gasteiger partial charge in [-0.1, -0.05) is 29.3 Å². The second kappa shape index (κ2) is 6.26. The van der Waals surface area contributed by atoms with Crippen molar-refractivity contribution >= 4 is 33.0 Å². The highest BCUT2D eigenvalue weighted by atomic mass is 35.5. The van der Waals surface area contributed by atoms with Crippen molar-refractivity contribution in [3.8, 4) is 0 Å². The van der Waals surface area contributed by atoms with Crippen LogP contribution in [0.3, 0.4) is 0 Å². The van der Waals surface area contributed by atoms with Crippen LogP contribution in [0.25, 0.3) is 0 Å². The van der Waals surface area contributed by atoms with Gasteiger partial charge in [0.15, 0.2) is 9.84 Å². The summed E-state index contributed by atoms with van der Waals surface area (Å²) in [7, 11) is -3.38. The lowest BCUT2D eigenvalue weighted by atomic mass is 10.1. The standard InChI is InChI=1S/C14H18Cl2N2O3S/c15-11-3-2-10-12(8-22(20,21)14(10)13(11)16)17-4-1-5-18-6-9(19)7-18/h2-3,9,12,17,19H,1,4-8H2. The molecule has 5 nitrogen and oxygen atoms in total. The Bertz CT molecular complexity index is 675. The molecule has 2 N–H and O–H groups in total. The number of nitrogens with zero attached hydrogens (tertiary/aromatic N) is 1. The number of rotatable bonds is 5. The molecule has 122 valence electrons. The molecule has 3 rings (SSSR count). The van der Waals surface area contributed by atoms with Crippen molar-refractivity contribution in [3.05, 3.63) is 27.7 Å². The first-order chi connectivity index (χ1) is 10.4. The summed E-state index contributed by atoms with van der Waals surface area (Å²) in [6.07, 6.45) is 0.714. The van der Waals surface area contributed by atoms with E-state index in [0.717, 1.165) is 26.1 Å². The minimum atomic E-state index is -3.38. The zero-order valence-electron chi connectivity index (χ0n) is 11.9. The van der Waals surface area contributed by atoms with Gasteiger partial charge in [0, 0.05) is 19.1 Å². The number of β-amino-alcohol motifs (C(OH)–C–C–N with tert-alkyl or cyclic N) is 1. The van der Waals surface area contributed by atoms with Crippen molar-refractivity contribution in [2.75, 3.05) is 31.9 Å². The molecular weight excluding hydrogens is 347 g/mol. The van der Waals surface area contributed by atoms with Gasteiger partial charge in [-0.25, -0.2) is 8.42 Å². The molecule has 0 bridgehead atoms. The van der Waals surface area contributed by atoms with Crippen LogP contribution in [-0.4, -0.2) is 56.5 Å². The van der Waals surface area contributed by atoms with Gasteiger partial charge < -0.3 is 10.4 Å². The molecule has 1 aromatic carbocycles. The topological polar surface area (TPSA) is 69.6 Å². The van der Waals surface area contributed by atoms with Crippen LogP contribution in [0.4, 0.5) is 0 Å². The molecule has 22 heavy (non-hydrogen) atoms. The summed E-state index contributed by atoms with van der Waals surface area (Å²) in [6.45, 7) is 3.08. The number of nitrogens with one attached hydrogen (secondary N) is 1. The van der Waals surface area contributed by atoms with Crippen LogP contribution >= 0.6 is 23.2 Å². The number of sulfone groups is 1. The van der Waals surface area contributed by atoms with Crippen molar-refractivity contribution in [3.63, 3.8) is 0 Å². The van der Waals surface area contributed by atoms with E-state index in [-0.39, 0.29) is 32.8 Å². The zero-order chi connectivity index (χ0) is 15.9. The molecule has 1 unspecified atom stereocenters. The maximum Gasteiger partial charge on any atom is 0.182 e. The van der Waals surface area contributed by atoms with E-state index in [2.05, 4.69) is 10.2 Å². The normalized spacial score (nSPS) is 24.2. The molecule has 2 heterocycles. The summed E-state index contributed by atoms with van der Waals surface area (Å²) in [5.74, 6) is 0.0187. The average Bonchev–Trinajstić information content (AvgIpc) is 2.68. The van der Waals surface area contributed by atoms with Gasteiger partial charge in [0.1, 0.15) is 0 Å². The zero-order valence-corrected chi connectivity index (χ0v) is 14.3. The van der Waals surface area contributed by atoms with Gasteiger partial charge in [-0.15, -0.1) is 0 Å². The Morgan fingerprint density at radius 1 is 1.32 bits per heavy atom. The fraction of sp³-hybridized carbons (Fsp3) is 0.571. The molecule has 2 aliphatic rings. The lowest BCUT2D eigenvalue weighted by molar-refractivity contribution is 0.00182. The Labute approximate surface area is 140 Å². The summed E-state index contributed by atoms with van der Waals surface area (Å²) in [4.78, 5) is 2.34. The molecule has 0 aliphatic carbocycles. The smallest absolute Gasteiger partial charge is 0.182 e. The Hall–Kier alpha value is -0.370. The molecular formula is C14H18Cl2N2O3S. The van der Waals surface area contributed by atoms with E-state index in [0.29, 0.717) is 12.1 Å². The van der Waals surface area contributed by atoms with Gasteiger partial charge in [0.25, 0.3) is 0 Å². The average molecular weight is 365 g/mol. The van der Waals surface area contributed by atoms with Crippen molar-refractivity contribution in [1.29, 1.82) is 0 Å². The predicted octanol–water partition coefficient (Wildman–Crippen LogP) is 1.48. The molecule has 1 aromatic rings. The molecule has 2 aliphatic heterocycles. The number of likely N-dealkylation sites (tertiary alicyclic amines) is 1. The lowest BCUT2D eigenvalue weighted by Crippen LogP contribution is -2.51. The first-order valence-electron chi connectivity index (χ1n) is 7.23. The van der Waals surface area contributed by atoms with Crippen molar-refractivity contribution in [2.24, 2.45) is 0 Å². The largest absolute Gasteiger partial charge is 0.390 e. The maximum atomic E-state index is 12.2. The second-order valence-electron chi connectivity index (χ2n) is 5.83. The monoisotopic (exact) mass is 364 g/mol. The summed E-state index contributed by atoms with van der Waals surface area (Å²) < 4.78 is 24.5. The first kappa shape index (κ1) is 16.5. The van der Waals surface area contributed by atoms with Gasteiger partial charge in [0.05, 0.1) is 26.8 Å². The molecule has 0 spiro atoms. The van der Waals surface area contributed by atoms with E-state index < -0.39 is 9.84 Å². The molecule has 1 saturated heterocycles. The van der Waals surface area contributed by atoms with Crippen LogP contribution in [-0.2, 0) is 9.84 Å².